The summed E-state index contributed by atoms with van der Waals surface area (Å²) in [6, 6.07) is 0. The zero-order chi connectivity index (χ0) is 8.74. The van der Waals surface area contributed by atoms with Gasteiger partial charge in [0.2, 0.25) is 0 Å². The molecule has 1 aliphatic heterocycles. The molecule has 1 aliphatic rings. The van der Waals surface area contributed by atoms with Gasteiger partial charge in [-0.15, -0.1) is 6.61 Å². The summed E-state index contributed by atoms with van der Waals surface area (Å²) in [7, 11) is 0. The van der Waals surface area contributed by atoms with Gasteiger partial charge in [0.1, 0.15) is 0 Å². The number of ether oxygens (including phenoxy) is 1. The summed E-state index contributed by atoms with van der Waals surface area (Å²) in [6.07, 6.45) is 0. The summed E-state index contributed by atoms with van der Waals surface area (Å²) in [6.45, 7) is 3.21. The van der Waals surface area contributed by atoms with Crippen molar-refractivity contribution in [2.75, 3.05) is 31.8 Å². The van der Waals surface area contributed by atoms with Crippen LogP contribution in [0.3, 0.4) is 0 Å². The van der Waals surface area contributed by atoms with Crippen LogP contribution in [0, 0.1) is 5.41 Å². The molecular formula is C7H14BrNaO3. The first-order valence-electron chi connectivity index (χ1n) is 3.57. The fraction of sp³-hybridized carbons (Fsp3) is 1.00. The molecule has 1 rings (SSSR count). The third kappa shape index (κ3) is 5.17. The molecule has 0 aromatic carbocycles. The van der Waals surface area contributed by atoms with E-state index in [9.17, 15) is 0 Å². The van der Waals surface area contributed by atoms with Crippen molar-refractivity contribution < 1.29 is 44.5 Å². The van der Waals surface area contributed by atoms with Gasteiger partial charge < -0.3 is 14.9 Å². The maximum Gasteiger partial charge on any atom is 1.00 e. The smallest absolute Gasteiger partial charge is 0.855 e. The summed E-state index contributed by atoms with van der Waals surface area (Å²) in [4.78, 5) is 0. The Hall–Kier alpha value is 1.36. The number of alkyl halides is 1. The molecule has 0 atom stereocenters. The van der Waals surface area contributed by atoms with E-state index in [0.29, 0.717) is 13.2 Å². The normalized spacial score (nSPS) is 18.0. The summed E-state index contributed by atoms with van der Waals surface area (Å²) < 4.78 is 4.93. The van der Waals surface area contributed by atoms with Gasteiger partial charge in [-0.1, -0.05) is 22.9 Å². The first-order valence-corrected chi connectivity index (χ1v) is 4.69. The molecule has 0 saturated carbocycles. The number of rotatable bonds is 2. The van der Waals surface area contributed by atoms with Crippen molar-refractivity contribution in [3.05, 3.63) is 0 Å². The molecule has 0 spiro atoms. The summed E-state index contributed by atoms with van der Waals surface area (Å²) in [5.74, 6) is 0. The summed E-state index contributed by atoms with van der Waals surface area (Å²) in [5, 5.41) is 18.5. The second-order valence-electron chi connectivity index (χ2n) is 2.57. The standard InChI is InChI=1S/C5H9BrO2.C2H5O.Na/c6-1-5(2-7)3-8-4-5;1-2-3;/h7H,1-4H2;2H2,1H3;/q;-1;+1. The van der Waals surface area contributed by atoms with Gasteiger partial charge in [-0.2, -0.15) is 0 Å². The van der Waals surface area contributed by atoms with Crippen LogP contribution in [-0.4, -0.2) is 36.9 Å². The van der Waals surface area contributed by atoms with Crippen LogP contribution in [0.5, 0.6) is 0 Å². The minimum atomic E-state index is 0. The van der Waals surface area contributed by atoms with E-state index >= 15 is 0 Å². The van der Waals surface area contributed by atoms with Crippen LogP contribution in [0.25, 0.3) is 0 Å². The molecule has 1 heterocycles. The zero-order valence-electron chi connectivity index (χ0n) is 7.68. The van der Waals surface area contributed by atoms with E-state index in [4.69, 9.17) is 14.9 Å². The van der Waals surface area contributed by atoms with Crippen LogP contribution in [0.15, 0.2) is 0 Å². The molecule has 5 heteroatoms. The summed E-state index contributed by atoms with van der Waals surface area (Å²) >= 11 is 3.30. The van der Waals surface area contributed by atoms with E-state index in [-0.39, 0.29) is 48.2 Å². The molecule has 1 fully saturated rings. The quantitative estimate of drug-likeness (QED) is 0.413. The van der Waals surface area contributed by atoms with Gasteiger partial charge in [0, 0.05) is 10.7 Å². The Labute approximate surface area is 104 Å². The predicted octanol–water partition coefficient (Wildman–Crippen LogP) is -3.24. The van der Waals surface area contributed by atoms with Crippen molar-refractivity contribution in [3.63, 3.8) is 0 Å². The van der Waals surface area contributed by atoms with Crippen LogP contribution >= 0.6 is 15.9 Å². The van der Waals surface area contributed by atoms with E-state index in [1.165, 1.54) is 0 Å². The number of hydrogen-bond donors (Lipinski definition) is 1. The van der Waals surface area contributed by atoms with Gasteiger partial charge in [0.25, 0.3) is 0 Å². The largest absolute Gasteiger partial charge is 1.00 e. The number of aliphatic hydroxyl groups is 1. The molecule has 0 amide bonds. The van der Waals surface area contributed by atoms with E-state index in [2.05, 4.69) is 15.9 Å². The monoisotopic (exact) mass is 248 g/mol. The number of halogens is 1. The van der Waals surface area contributed by atoms with Crippen LogP contribution in [-0.2, 0) is 4.74 Å². The van der Waals surface area contributed by atoms with E-state index < -0.39 is 0 Å². The number of hydrogen-bond acceptors (Lipinski definition) is 3. The fourth-order valence-electron chi connectivity index (χ4n) is 0.601. The van der Waals surface area contributed by atoms with Gasteiger partial charge in [-0.3, -0.25) is 0 Å². The molecule has 0 aliphatic carbocycles. The van der Waals surface area contributed by atoms with Crippen molar-refractivity contribution >= 4 is 15.9 Å². The van der Waals surface area contributed by atoms with Gasteiger partial charge in [0.15, 0.2) is 0 Å². The van der Waals surface area contributed by atoms with Gasteiger partial charge >= 0.3 is 29.6 Å². The van der Waals surface area contributed by atoms with Crippen LogP contribution < -0.4 is 34.7 Å². The molecule has 0 radical (unpaired) electrons. The molecular weight excluding hydrogens is 235 g/mol. The molecule has 0 bridgehead atoms. The van der Waals surface area contributed by atoms with E-state index in [1.807, 2.05) is 0 Å². The SMILES string of the molecule is CC[O-].OCC1(CBr)COC1.[Na+]. The van der Waals surface area contributed by atoms with Crippen LogP contribution in [0.4, 0.5) is 0 Å². The molecule has 12 heavy (non-hydrogen) atoms. The van der Waals surface area contributed by atoms with E-state index in [1.54, 1.807) is 6.92 Å². The van der Waals surface area contributed by atoms with E-state index in [0.717, 1.165) is 5.33 Å². The third-order valence-electron chi connectivity index (χ3n) is 1.44. The fourth-order valence-corrected chi connectivity index (χ4v) is 1.10. The topological polar surface area (TPSA) is 52.5 Å². The molecule has 68 valence electrons. The van der Waals surface area contributed by atoms with Crippen LogP contribution in [0.2, 0.25) is 0 Å². The molecule has 0 aromatic rings. The predicted molar refractivity (Wildman–Crippen MR) is 44.7 cm³/mol. The van der Waals surface area contributed by atoms with Crippen molar-refractivity contribution in [3.8, 4) is 0 Å². The van der Waals surface area contributed by atoms with Crippen molar-refractivity contribution in [1.82, 2.24) is 0 Å². The first kappa shape index (κ1) is 15.8. The Morgan fingerprint density at radius 3 is 2.00 bits per heavy atom. The third-order valence-corrected chi connectivity index (χ3v) is 2.62. The van der Waals surface area contributed by atoms with Crippen molar-refractivity contribution in [1.29, 1.82) is 0 Å². The Morgan fingerprint density at radius 2 is 2.00 bits per heavy atom. The zero-order valence-corrected chi connectivity index (χ0v) is 11.3. The average molecular weight is 249 g/mol. The van der Waals surface area contributed by atoms with Crippen molar-refractivity contribution in [2.45, 2.75) is 6.92 Å². The molecule has 3 nitrogen and oxygen atoms in total. The molecule has 0 unspecified atom stereocenters. The molecule has 1 saturated heterocycles. The molecule has 1 N–H and O–H groups in total. The van der Waals surface area contributed by atoms with Crippen LogP contribution in [0.1, 0.15) is 6.92 Å². The minimum absolute atomic E-state index is 0. The Morgan fingerprint density at radius 1 is 1.58 bits per heavy atom. The van der Waals surface area contributed by atoms with Gasteiger partial charge in [-0.05, 0) is 0 Å². The Bertz CT molecular complexity index is 85.1. The van der Waals surface area contributed by atoms with Crippen molar-refractivity contribution in [2.24, 2.45) is 5.41 Å². The second-order valence-corrected chi connectivity index (χ2v) is 3.13. The number of aliphatic hydroxyl groups excluding tert-OH is 1. The minimum Gasteiger partial charge on any atom is -0.855 e. The first-order chi connectivity index (χ1) is 5.24. The summed E-state index contributed by atoms with van der Waals surface area (Å²) in [5.41, 5.74) is 0.0556. The maximum absolute atomic E-state index is 8.93. The van der Waals surface area contributed by atoms with Gasteiger partial charge in [0.05, 0.1) is 19.8 Å². The van der Waals surface area contributed by atoms with Gasteiger partial charge in [-0.25, -0.2) is 0 Å². The second kappa shape index (κ2) is 8.94. The average Bonchev–Trinajstić information content (AvgIpc) is 1.90. The molecule has 0 aromatic heterocycles. The Balaban J connectivity index is 0. The Kier molecular flexibility index (Phi) is 11.8. The maximum atomic E-state index is 8.93.